The number of aromatic nitrogens is 3. The standard InChI is InChI=1S/C22H25N5O2/c28-21(12-15-27-22(29)18-10-4-5-11-19(18)24-25-27)23-20(16-26-13-6-7-14-26)17-8-2-1-3-9-17/h1-5,8-11,20H,6-7,12-16H2,(H,23,28). The molecule has 7 nitrogen and oxygen atoms in total. The zero-order valence-electron chi connectivity index (χ0n) is 16.3. The summed E-state index contributed by atoms with van der Waals surface area (Å²) >= 11 is 0. The van der Waals surface area contributed by atoms with E-state index in [2.05, 4.69) is 20.5 Å². The van der Waals surface area contributed by atoms with E-state index < -0.39 is 0 Å². The number of carbonyl (C=O) groups excluding carboxylic acids is 1. The van der Waals surface area contributed by atoms with Crippen LogP contribution in [0.3, 0.4) is 0 Å². The van der Waals surface area contributed by atoms with Crippen molar-refractivity contribution in [1.29, 1.82) is 0 Å². The Bertz CT molecular complexity index is 1030. The minimum atomic E-state index is -0.222. The van der Waals surface area contributed by atoms with E-state index in [4.69, 9.17) is 0 Å². The van der Waals surface area contributed by atoms with Crippen LogP contribution < -0.4 is 10.9 Å². The molecule has 0 spiro atoms. The average Bonchev–Trinajstić information content (AvgIpc) is 3.27. The Morgan fingerprint density at radius 1 is 1.03 bits per heavy atom. The Morgan fingerprint density at radius 3 is 2.55 bits per heavy atom. The summed E-state index contributed by atoms with van der Waals surface area (Å²) in [5, 5.41) is 11.7. The van der Waals surface area contributed by atoms with Crippen LogP contribution in [0.4, 0.5) is 0 Å². The highest BCUT2D eigenvalue weighted by atomic mass is 16.2. The van der Waals surface area contributed by atoms with Crippen LogP contribution >= 0.6 is 0 Å². The third-order valence-corrected chi connectivity index (χ3v) is 5.36. The highest BCUT2D eigenvalue weighted by Crippen LogP contribution is 2.18. The highest BCUT2D eigenvalue weighted by Gasteiger charge is 2.20. The van der Waals surface area contributed by atoms with Gasteiger partial charge in [-0.05, 0) is 43.6 Å². The molecule has 0 aliphatic carbocycles. The van der Waals surface area contributed by atoms with E-state index in [1.165, 1.54) is 17.5 Å². The van der Waals surface area contributed by atoms with E-state index in [1.54, 1.807) is 18.2 Å². The molecule has 1 fully saturated rings. The number of likely N-dealkylation sites (tertiary alicyclic amines) is 1. The predicted octanol–water partition coefficient (Wildman–Crippen LogP) is 2.13. The maximum absolute atomic E-state index is 12.7. The lowest BCUT2D eigenvalue weighted by Gasteiger charge is -2.25. The molecule has 1 amide bonds. The average molecular weight is 391 g/mol. The number of hydrogen-bond donors (Lipinski definition) is 1. The van der Waals surface area contributed by atoms with Crippen molar-refractivity contribution in [3.8, 4) is 0 Å². The molecule has 150 valence electrons. The van der Waals surface area contributed by atoms with Gasteiger partial charge < -0.3 is 10.2 Å². The number of nitrogens with zero attached hydrogens (tertiary/aromatic N) is 4. The molecule has 1 atom stereocenters. The molecule has 0 radical (unpaired) electrons. The number of fused-ring (bicyclic) bond motifs is 1. The first-order chi connectivity index (χ1) is 14.2. The van der Waals surface area contributed by atoms with Crippen LogP contribution in [0.2, 0.25) is 0 Å². The molecule has 1 N–H and O–H groups in total. The lowest BCUT2D eigenvalue weighted by molar-refractivity contribution is -0.122. The highest BCUT2D eigenvalue weighted by molar-refractivity contribution is 5.77. The SMILES string of the molecule is O=C(CCn1nnc2ccccc2c1=O)NC(CN1CCCC1)c1ccccc1. The van der Waals surface area contributed by atoms with Crippen LogP contribution in [0.5, 0.6) is 0 Å². The molecule has 29 heavy (non-hydrogen) atoms. The monoisotopic (exact) mass is 391 g/mol. The van der Waals surface area contributed by atoms with Gasteiger partial charge in [0.2, 0.25) is 5.91 Å². The van der Waals surface area contributed by atoms with Crippen molar-refractivity contribution in [2.45, 2.75) is 31.8 Å². The fraction of sp³-hybridized carbons (Fsp3) is 0.364. The van der Waals surface area contributed by atoms with Crippen molar-refractivity contribution >= 4 is 16.8 Å². The summed E-state index contributed by atoms with van der Waals surface area (Å²) in [6.45, 7) is 3.14. The molecule has 4 rings (SSSR count). The summed E-state index contributed by atoms with van der Waals surface area (Å²) in [6, 6.07) is 17.1. The molecule has 3 aromatic rings. The Balaban J connectivity index is 1.42. The lowest BCUT2D eigenvalue weighted by Crippen LogP contribution is -2.37. The van der Waals surface area contributed by atoms with Gasteiger partial charge in [-0.2, -0.15) is 0 Å². The smallest absolute Gasteiger partial charge is 0.277 e. The molecule has 1 aromatic heterocycles. The predicted molar refractivity (Wildman–Crippen MR) is 111 cm³/mol. The van der Waals surface area contributed by atoms with E-state index >= 15 is 0 Å². The molecular weight excluding hydrogens is 366 g/mol. The van der Waals surface area contributed by atoms with Gasteiger partial charge in [0.1, 0.15) is 5.52 Å². The molecule has 2 heterocycles. The summed E-state index contributed by atoms with van der Waals surface area (Å²) in [5.74, 6) is -0.0973. The zero-order valence-corrected chi connectivity index (χ0v) is 16.3. The van der Waals surface area contributed by atoms with Gasteiger partial charge in [-0.25, -0.2) is 4.68 Å². The lowest BCUT2D eigenvalue weighted by atomic mass is 10.1. The fourth-order valence-electron chi connectivity index (χ4n) is 3.79. The summed E-state index contributed by atoms with van der Waals surface area (Å²) in [6.07, 6.45) is 2.59. The quantitative estimate of drug-likeness (QED) is 0.667. The number of nitrogens with one attached hydrogen (secondary N) is 1. The van der Waals surface area contributed by atoms with E-state index in [9.17, 15) is 9.59 Å². The number of hydrogen-bond acceptors (Lipinski definition) is 5. The first-order valence-corrected chi connectivity index (χ1v) is 10.1. The summed E-state index contributed by atoms with van der Waals surface area (Å²) in [5.41, 5.74) is 1.43. The number of aryl methyl sites for hydroxylation is 1. The Morgan fingerprint density at radius 2 is 1.76 bits per heavy atom. The van der Waals surface area contributed by atoms with E-state index in [0.29, 0.717) is 10.9 Å². The molecule has 2 aromatic carbocycles. The van der Waals surface area contributed by atoms with Gasteiger partial charge in [0.25, 0.3) is 5.56 Å². The maximum atomic E-state index is 12.7. The van der Waals surface area contributed by atoms with Crippen molar-refractivity contribution in [3.63, 3.8) is 0 Å². The summed E-state index contributed by atoms with van der Waals surface area (Å²) in [4.78, 5) is 27.6. The second-order valence-corrected chi connectivity index (χ2v) is 7.42. The van der Waals surface area contributed by atoms with Crippen molar-refractivity contribution in [2.75, 3.05) is 19.6 Å². The van der Waals surface area contributed by atoms with Gasteiger partial charge in [-0.3, -0.25) is 9.59 Å². The number of rotatable bonds is 7. The van der Waals surface area contributed by atoms with Crippen LogP contribution in [0.15, 0.2) is 59.4 Å². The third kappa shape index (κ3) is 4.68. The molecule has 1 unspecified atom stereocenters. The normalized spacial score (nSPS) is 15.4. The molecule has 7 heteroatoms. The number of amides is 1. The van der Waals surface area contributed by atoms with Crippen LogP contribution in [0, 0.1) is 0 Å². The van der Waals surface area contributed by atoms with Crippen molar-refractivity contribution < 1.29 is 4.79 Å². The Labute approximate surface area is 169 Å². The molecule has 1 saturated heterocycles. The second-order valence-electron chi connectivity index (χ2n) is 7.42. The minimum Gasteiger partial charge on any atom is -0.348 e. The van der Waals surface area contributed by atoms with Crippen LogP contribution in [0.1, 0.15) is 30.9 Å². The van der Waals surface area contributed by atoms with E-state index in [0.717, 1.165) is 25.2 Å². The molecule has 0 saturated carbocycles. The van der Waals surface area contributed by atoms with Gasteiger partial charge in [-0.1, -0.05) is 47.7 Å². The van der Waals surface area contributed by atoms with Gasteiger partial charge in [0.15, 0.2) is 0 Å². The van der Waals surface area contributed by atoms with E-state index in [1.807, 2.05) is 36.4 Å². The molecular formula is C22H25N5O2. The van der Waals surface area contributed by atoms with Gasteiger partial charge >= 0.3 is 0 Å². The largest absolute Gasteiger partial charge is 0.348 e. The van der Waals surface area contributed by atoms with Gasteiger partial charge in [0, 0.05) is 13.0 Å². The maximum Gasteiger partial charge on any atom is 0.277 e. The van der Waals surface area contributed by atoms with Crippen LogP contribution in [-0.4, -0.2) is 45.4 Å². The fourth-order valence-corrected chi connectivity index (χ4v) is 3.79. The molecule has 1 aliphatic rings. The van der Waals surface area contributed by atoms with Crippen LogP contribution in [-0.2, 0) is 11.3 Å². The summed E-state index contributed by atoms with van der Waals surface area (Å²) < 4.78 is 1.26. The first-order valence-electron chi connectivity index (χ1n) is 10.1. The van der Waals surface area contributed by atoms with Crippen LogP contribution in [0.25, 0.3) is 10.9 Å². The number of carbonyl (C=O) groups is 1. The number of benzene rings is 2. The Kier molecular flexibility index (Phi) is 5.95. The van der Waals surface area contributed by atoms with Crippen molar-refractivity contribution in [3.05, 3.63) is 70.5 Å². The molecule has 1 aliphatic heterocycles. The first kappa shape index (κ1) is 19.3. The third-order valence-electron chi connectivity index (χ3n) is 5.36. The second kappa shape index (κ2) is 8.96. The minimum absolute atomic E-state index is 0.0683. The Hall–Kier alpha value is -3.06. The zero-order chi connectivity index (χ0) is 20.1. The van der Waals surface area contributed by atoms with Gasteiger partial charge in [0.05, 0.1) is 18.0 Å². The van der Waals surface area contributed by atoms with Gasteiger partial charge in [-0.15, -0.1) is 5.10 Å². The van der Waals surface area contributed by atoms with Crippen molar-refractivity contribution in [2.24, 2.45) is 0 Å². The van der Waals surface area contributed by atoms with Crippen molar-refractivity contribution in [1.82, 2.24) is 25.2 Å². The topological polar surface area (TPSA) is 80.1 Å². The van der Waals surface area contributed by atoms with E-state index in [-0.39, 0.29) is 30.5 Å². The summed E-state index contributed by atoms with van der Waals surface area (Å²) in [7, 11) is 0. The molecule has 0 bridgehead atoms.